The molecule has 0 saturated carbocycles. The molecule has 3 aromatic carbocycles. The molecule has 0 aliphatic heterocycles. The predicted molar refractivity (Wildman–Crippen MR) is 189 cm³/mol. The largest absolute Gasteiger partial charge is 0.478 e. The van der Waals surface area contributed by atoms with Gasteiger partial charge in [-0.1, -0.05) is 101 Å². The second kappa shape index (κ2) is 25.0. The molecular weight excluding hydrogens is 580 g/mol. The van der Waals surface area contributed by atoms with Gasteiger partial charge in [0.15, 0.2) is 0 Å². The van der Waals surface area contributed by atoms with Crippen LogP contribution < -0.4 is 0 Å². The van der Waals surface area contributed by atoms with Gasteiger partial charge in [0.05, 0.1) is 28.9 Å². The van der Waals surface area contributed by atoms with Crippen LogP contribution in [0.15, 0.2) is 85.5 Å². The molecule has 3 aromatic rings. The van der Waals surface area contributed by atoms with Gasteiger partial charge < -0.3 is 19.7 Å². The van der Waals surface area contributed by atoms with Gasteiger partial charge in [0.1, 0.15) is 6.61 Å². The van der Waals surface area contributed by atoms with Crippen molar-refractivity contribution in [3.63, 3.8) is 0 Å². The van der Waals surface area contributed by atoms with E-state index in [-0.39, 0.29) is 25.6 Å². The van der Waals surface area contributed by atoms with Crippen molar-refractivity contribution in [3.8, 4) is 0 Å². The zero-order valence-corrected chi connectivity index (χ0v) is 28.2. The van der Waals surface area contributed by atoms with E-state index in [2.05, 4.69) is 41.2 Å². The molecule has 0 fully saturated rings. The van der Waals surface area contributed by atoms with Gasteiger partial charge in [0, 0.05) is 0 Å². The number of hydrogen-bond donors (Lipinski definition) is 2. The van der Waals surface area contributed by atoms with Gasteiger partial charge in [-0.3, -0.25) is 0 Å². The highest BCUT2D eigenvalue weighted by molar-refractivity contribution is 5.89. The van der Waals surface area contributed by atoms with Gasteiger partial charge in [0.25, 0.3) is 0 Å². The molecule has 1 unspecified atom stereocenters. The number of esters is 1. The van der Waals surface area contributed by atoms with Gasteiger partial charge in [-0.2, -0.15) is 0 Å². The SMILES string of the molecule is C.C=CCC.CCC(O[C@@H](CC)COC(=O)c1ccc(C)cc1)C(C)C.Cc1ccc(C(=O)O)cc1.Cc1ccc(C(=O)O)cc1. The van der Waals surface area contributed by atoms with Crippen LogP contribution in [0.3, 0.4) is 0 Å². The molecule has 0 aliphatic rings. The lowest BCUT2D eigenvalue weighted by Gasteiger charge is -2.25. The van der Waals surface area contributed by atoms with E-state index in [0.29, 0.717) is 29.2 Å². The molecule has 0 spiro atoms. The van der Waals surface area contributed by atoms with Crippen LogP contribution in [0.4, 0.5) is 0 Å². The van der Waals surface area contributed by atoms with E-state index in [0.717, 1.165) is 36.0 Å². The maximum Gasteiger partial charge on any atom is 0.338 e. The first-order valence-electron chi connectivity index (χ1n) is 15.4. The lowest BCUT2D eigenvalue weighted by Crippen LogP contribution is -2.29. The topological polar surface area (TPSA) is 110 Å². The minimum Gasteiger partial charge on any atom is -0.478 e. The average Bonchev–Trinajstić information content (AvgIpc) is 3.02. The number of ether oxygens (including phenoxy) is 2. The fourth-order valence-corrected chi connectivity index (χ4v) is 3.56. The number of carboxylic acids is 2. The minimum atomic E-state index is -0.875. The van der Waals surface area contributed by atoms with E-state index < -0.39 is 11.9 Å². The summed E-state index contributed by atoms with van der Waals surface area (Å²) in [6.07, 6.45) is 4.95. The first-order chi connectivity index (χ1) is 21.3. The van der Waals surface area contributed by atoms with E-state index in [1.54, 1.807) is 60.7 Å². The number of hydrogen-bond acceptors (Lipinski definition) is 5. The summed E-state index contributed by atoms with van der Waals surface area (Å²) in [4.78, 5) is 32.6. The fourth-order valence-electron chi connectivity index (χ4n) is 3.56. The van der Waals surface area contributed by atoms with Crippen LogP contribution in [0.25, 0.3) is 0 Å². The maximum atomic E-state index is 12.0. The summed E-state index contributed by atoms with van der Waals surface area (Å²) in [6, 6.07) is 20.9. The fraction of sp³-hybridized carbons (Fsp3) is 0.410. The molecule has 7 nitrogen and oxygen atoms in total. The van der Waals surface area contributed by atoms with Crippen LogP contribution in [-0.4, -0.2) is 46.9 Å². The van der Waals surface area contributed by atoms with Crippen molar-refractivity contribution in [1.29, 1.82) is 0 Å². The zero-order valence-electron chi connectivity index (χ0n) is 28.2. The van der Waals surface area contributed by atoms with Gasteiger partial charge in [-0.25, -0.2) is 14.4 Å². The van der Waals surface area contributed by atoms with Gasteiger partial charge in [0.2, 0.25) is 0 Å². The lowest BCUT2D eigenvalue weighted by molar-refractivity contribution is -0.0659. The third kappa shape index (κ3) is 19.2. The summed E-state index contributed by atoms with van der Waals surface area (Å²) in [7, 11) is 0. The van der Waals surface area contributed by atoms with E-state index in [4.69, 9.17) is 19.7 Å². The maximum absolute atomic E-state index is 12.0. The normalized spacial score (nSPS) is 11.0. The summed E-state index contributed by atoms with van der Waals surface area (Å²) >= 11 is 0. The molecule has 0 heterocycles. The van der Waals surface area contributed by atoms with Crippen molar-refractivity contribution in [2.24, 2.45) is 5.92 Å². The molecule has 46 heavy (non-hydrogen) atoms. The minimum absolute atomic E-state index is 0. The summed E-state index contributed by atoms with van der Waals surface area (Å²) in [5, 5.41) is 17.0. The Balaban J connectivity index is 0. The van der Waals surface area contributed by atoms with Crippen molar-refractivity contribution >= 4 is 17.9 Å². The van der Waals surface area contributed by atoms with Crippen LogP contribution in [0.1, 0.15) is 109 Å². The Bertz CT molecular complexity index is 1210. The highest BCUT2D eigenvalue weighted by Crippen LogP contribution is 2.15. The molecule has 2 atom stereocenters. The molecule has 254 valence electrons. The van der Waals surface area contributed by atoms with Crippen LogP contribution in [0, 0.1) is 26.7 Å². The Kier molecular flexibility index (Phi) is 23.9. The third-order valence-corrected chi connectivity index (χ3v) is 6.54. The predicted octanol–water partition coefficient (Wildman–Crippen LogP) is 9.99. The van der Waals surface area contributed by atoms with E-state index >= 15 is 0 Å². The first-order valence-corrected chi connectivity index (χ1v) is 15.4. The van der Waals surface area contributed by atoms with Crippen molar-refractivity contribution < 1.29 is 34.1 Å². The van der Waals surface area contributed by atoms with Gasteiger partial charge in [-0.05, 0) is 82.3 Å². The van der Waals surface area contributed by atoms with Gasteiger partial charge in [-0.15, -0.1) is 6.58 Å². The zero-order chi connectivity index (χ0) is 34.4. The second-order valence-corrected chi connectivity index (χ2v) is 10.9. The number of allylic oxidation sites excluding steroid dienone is 1. The Labute approximate surface area is 277 Å². The Morgan fingerprint density at radius 1 is 0.696 bits per heavy atom. The summed E-state index contributed by atoms with van der Waals surface area (Å²) in [6.45, 7) is 20.2. The standard InChI is InChI=1S/C18H28O3.2C8H8O2.C4H8.CH4/c1-6-16(21-17(7-2)13(3)4)12-20-18(19)15-10-8-14(5)9-11-15;2*1-6-2-4-7(5-3-6)8(9)10;1-3-4-2;/h8-11,13,16-17H,6-7,12H2,1-5H3;2*2-5H,1H3,(H,9,10);3H,1,4H2,2H3;1H4/t16-,17?;;;;/m0..../s1. The molecule has 0 amide bonds. The Morgan fingerprint density at radius 2 is 1.04 bits per heavy atom. The number of benzene rings is 3. The molecule has 7 heteroatoms. The molecule has 3 rings (SSSR count). The second-order valence-electron chi connectivity index (χ2n) is 10.9. The van der Waals surface area contributed by atoms with E-state index in [1.807, 2.05) is 39.0 Å². The lowest BCUT2D eigenvalue weighted by atomic mass is 10.0. The van der Waals surface area contributed by atoms with Crippen molar-refractivity contribution in [2.45, 2.75) is 94.3 Å². The summed E-state index contributed by atoms with van der Waals surface area (Å²) in [5.41, 5.74) is 4.54. The van der Waals surface area contributed by atoms with Crippen LogP contribution in [0.2, 0.25) is 0 Å². The Hall–Kier alpha value is -4.23. The average molecular weight is 637 g/mol. The molecule has 0 saturated heterocycles. The molecule has 2 N–H and O–H groups in total. The number of carboxylic acid groups (broad SMARTS) is 2. The number of aromatic carboxylic acids is 2. The molecule has 0 aromatic heterocycles. The smallest absolute Gasteiger partial charge is 0.338 e. The number of aryl methyl sites for hydroxylation is 3. The van der Waals surface area contributed by atoms with E-state index in [9.17, 15) is 14.4 Å². The highest BCUT2D eigenvalue weighted by Gasteiger charge is 2.19. The van der Waals surface area contributed by atoms with Crippen molar-refractivity contribution in [2.75, 3.05) is 6.61 Å². The molecule has 0 bridgehead atoms. The highest BCUT2D eigenvalue weighted by atomic mass is 16.6. The van der Waals surface area contributed by atoms with Crippen LogP contribution in [0.5, 0.6) is 0 Å². The summed E-state index contributed by atoms with van der Waals surface area (Å²) < 4.78 is 11.4. The van der Waals surface area contributed by atoms with Crippen LogP contribution >= 0.6 is 0 Å². The molecular formula is C39H56O7. The quantitative estimate of drug-likeness (QED) is 0.159. The van der Waals surface area contributed by atoms with Crippen LogP contribution in [-0.2, 0) is 9.47 Å². The summed E-state index contributed by atoms with van der Waals surface area (Å²) in [5.74, 6) is -1.56. The molecule has 0 radical (unpaired) electrons. The first kappa shape index (κ1) is 43.9. The third-order valence-electron chi connectivity index (χ3n) is 6.54. The van der Waals surface area contributed by atoms with E-state index in [1.165, 1.54) is 0 Å². The van der Waals surface area contributed by atoms with Gasteiger partial charge >= 0.3 is 17.9 Å². The van der Waals surface area contributed by atoms with Crippen molar-refractivity contribution in [3.05, 3.63) is 119 Å². The van der Waals surface area contributed by atoms with Crippen molar-refractivity contribution in [1.82, 2.24) is 0 Å². The number of rotatable bonds is 11. The monoisotopic (exact) mass is 636 g/mol. The Morgan fingerprint density at radius 3 is 1.30 bits per heavy atom. The number of carbonyl (C=O) groups is 3. The molecule has 0 aliphatic carbocycles. The number of carbonyl (C=O) groups excluding carboxylic acids is 1.